The molecule has 1 atom stereocenters. The van der Waals surface area contributed by atoms with Crippen molar-refractivity contribution in [1.29, 1.82) is 0 Å². The first-order valence-corrected chi connectivity index (χ1v) is 7.07. The Bertz CT molecular complexity index is 556. The highest BCUT2D eigenvalue weighted by Crippen LogP contribution is 2.32. The van der Waals surface area contributed by atoms with Crippen LogP contribution in [0.5, 0.6) is 0 Å². The minimum atomic E-state index is 0.113. The minimum Gasteiger partial charge on any atom is -0.408 e. The Hall–Kier alpha value is -1.50. The molecule has 0 bridgehead atoms. The minimum absolute atomic E-state index is 0.113. The Kier molecular flexibility index (Phi) is 3.46. The molecule has 0 aliphatic carbocycles. The highest BCUT2D eigenvalue weighted by Gasteiger charge is 2.29. The molecule has 0 saturated carbocycles. The van der Waals surface area contributed by atoms with Crippen molar-refractivity contribution in [2.24, 2.45) is 0 Å². The van der Waals surface area contributed by atoms with E-state index in [0.29, 0.717) is 11.9 Å². The first-order chi connectivity index (χ1) is 9.24. The van der Waals surface area contributed by atoms with E-state index in [2.05, 4.69) is 41.0 Å². The van der Waals surface area contributed by atoms with Gasteiger partial charge in [-0.2, -0.15) is 0 Å². The molecule has 0 aromatic carbocycles. The van der Waals surface area contributed by atoms with E-state index in [1.54, 1.807) is 19.3 Å². The van der Waals surface area contributed by atoms with Crippen molar-refractivity contribution >= 4 is 21.9 Å². The van der Waals surface area contributed by atoms with Crippen LogP contribution in [0, 0.1) is 6.92 Å². The van der Waals surface area contributed by atoms with Crippen LogP contribution in [0.1, 0.15) is 37.0 Å². The maximum absolute atomic E-state index is 5.54. The van der Waals surface area contributed by atoms with Gasteiger partial charge in [-0.15, -0.1) is 5.10 Å². The number of aromatic nitrogens is 4. The molecule has 0 amide bonds. The molecule has 6 nitrogen and oxygen atoms in total. The van der Waals surface area contributed by atoms with Gasteiger partial charge in [-0.25, -0.2) is 9.97 Å². The molecule has 7 heteroatoms. The van der Waals surface area contributed by atoms with Crippen molar-refractivity contribution in [3.63, 3.8) is 0 Å². The van der Waals surface area contributed by atoms with Crippen molar-refractivity contribution in [1.82, 2.24) is 20.2 Å². The number of anilines is 1. The van der Waals surface area contributed by atoms with Gasteiger partial charge < -0.3 is 9.32 Å². The quantitative estimate of drug-likeness (QED) is 0.846. The number of piperidine rings is 1. The van der Waals surface area contributed by atoms with Crippen LogP contribution in [-0.2, 0) is 0 Å². The van der Waals surface area contributed by atoms with Crippen LogP contribution in [0.2, 0.25) is 0 Å². The summed E-state index contributed by atoms with van der Waals surface area (Å²) in [6.07, 6.45) is 6.83. The van der Waals surface area contributed by atoms with E-state index in [-0.39, 0.29) is 6.04 Å². The first-order valence-electron chi connectivity index (χ1n) is 6.28. The summed E-state index contributed by atoms with van der Waals surface area (Å²) in [6.45, 7) is 2.69. The largest absolute Gasteiger partial charge is 0.408 e. The third-order valence-corrected chi connectivity index (χ3v) is 3.61. The summed E-state index contributed by atoms with van der Waals surface area (Å²) >= 11 is 3.35. The van der Waals surface area contributed by atoms with Crippen LogP contribution in [0.3, 0.4) is 0 Å². The van der Waals surface area contributed by atoms with Crippen molar-refractivity contribution in [3.05, 3.63) is 28.6 Å². The van der Waals surface area contributed by atoms with Crippen LogP contribution in [0.4, 0.5) is 6.01 Å². The van der Waals surface area contributed by atoms with E-state index in [1.807, 2.05) is 0 Å². The Morgan fingerprint density at radius 3 is 2.74 bits per heavy atom. The van der Waals surface area contributed by atoms with Gasteiger partial charge in [-0.1, -0.05) is 5.10 Å². The van der Waals surface area contributed by atoms with Gasteiger partial charge in [-0.3, -0.25) is 0 Å². The number of halogens is 1. The number of nitrogens with zero attached hydrogens (tertiary/aromatic N) is 5. The summed E-state index contributed by atoms with van der Waals surface area (Å²) in [4.78, 5) is 10.9. The lowest BCUT2D eigenvalue weighted by atomic mass is 10.0. The van der Waals surface area contributed by atoms with E-state index in [0.717, 1.165) is 36.1 Å². The van der Waals surface area contributed by atoms with Gasteiger partial charge in [0.15, 0.2) is 5.82 Å². The van der Waals surface area contributed by atoms with E-state index < -0.39 is 0 Å². The van der Waals surface area contributed by atoms with Crippen LogP contribution >= 0.6 is 15.9 Å². The van der Waals surface area contributed by atoms with Gasteiger partial charge in [0.05, 0.1) is 10.5 Å². The molecule has 0 N–H and O–H groups in total. The van der Waals surface area contributed by atoms with Crippen molar-refractivity contribution in [2.45, 2.75) is 32.2 Å². The SMILES string of the molecule is Cc1nnc(N2CCCCC2c2ncc(Br)cn2)o1. The average Bonchev–Trinajstić information content (AvgIpc) is 2.86. The van der Waals surface area contributed by atoms with E-state index in [4.69, 9.17) is 4.42 Å². The number of rotatable bonds is 2. The molecular weight excluding hydrogens is 310 g/mol. The highest BCUT2D eigenvalue weighted by atomic mass is 79.9. The second-order valence-electron chi connectivity index (χ2n) is 4.57. The van der Waals surface area contributed by atoms with Crippen molar-refractivity contribution in [2.75, 3.05) is 11.4 Å². The molecule has 0 spiro atoms. The van der Waals surface area contributed by atoms with Gasteiger partial charge in [0, 0.05) is 25.9 Å². The smallest absolute Gasteiger partial charge is 0.318 e. The van der Waals surface area contributed by atoms with Crippen LogP contribution < -0.4 is 4.90 Å². The fourth-order valence-electron chi connectivity index (χ4n) is 2.33. The summed E-state index contributed by atoms with van der Waals surface area (Å²) in [7, 11) is 0. The molecule has 1 aliphatic rings. The van der Waals surface area contributed by atoms with Gasteiger partial charge in [0.25, 0.3) is 0 Å². The summed E-state index contributed by atoms with van der Waals surface area (Å²) in [5.74, 6) is 1.38. The maximum atomic E-state index is 5.54. The monoisotopic (exact) mass is 323 g/mol. The molecule has 3 rings (SSSR count). The van der Waals surface area contributed by atoms with Crippen molar-refractivity contribution < 1.29 is 4.42 Å². The Labute approximate surface area is 119 Å². The predicted octanol–water partition coefficient (Wildman–Crippen LogP) is 2.66. The van der Waals surface area contributed by atoms with Crippen LogP contribution in [-0.4, -0.2) is 26.7 Å². The molecule has 3 heterocycles. The molecule has 2 aromatic heterocycles. The fraction of sp³-hybridized carbons (Fsp3) is 0.500. The first kappa shape index (κ1) is 12.5. The molecule has 2 aromatic rings. The zero-order chi connectivity index (χ0) is 13.2. The van der Waals surface area contributed by atoms with Gasteiger partial charge >= 0.3 is 6.01 Å². The predicted molar refractivity (Wildman–Crippen MR) is 72.7 cm³/mol. The normalized spacial score (nSPS) is 19.7. The maximum Gasteiger partial charge on any atom is 0.318 e. The zero-order valence-corrected chi connectivity index (χ0v) is 12.2. The Balaban J connectivity index is 1.90. The molecule has 100 valence electrons. The molecule has 1 fully saturated rings. The summed E-state index contributed by atoms with van der Waals surface area (Å²) in [5, 5.41) is 8.00. The fourth-order valence-corrected chi connectivity index (χ4v) is 2.53. The third-order valence-electron chi connectivity index (χ3n) is 3.20. The van der Waals surface area contributed by atoms with Gasteiger partial charge in [0.2, 0.25) is 5.89 Å². The van der Waals surface area contributed by atoms with Gasteiger partial charge in [-0.05, 0) is 35.2 Å². The lowest BCUT2D eigenvalue weighted by Gasteiger charge is -2.32. The van der Waals surface area contributed by atoms with Crippen molar-refractivity contribution in [3.8, 4) is 0 Å². The summed E-state index contributed by atoms with van der Waals surface area (Å²) in [5.41, 5.74) is 0. The van der Waals surface area contributed by atoms with E-state index >= 15 is 0 Å². The number of aryl methyl sites for hydroxylation is 1. The summed E-state index contributed by atoms with van der Waals surface area (Å²) in [6, 6.07) is 0.676. The Morgan fingerprint density at radius 2 is 2.05 bits per heavy atom. The molecule has 1 unspecified atom stereocenters. The molecular formula is C12H14BrN5O. The topological polar surface area (TPSA) is 67.9 Å². The lowest BCUT2D eigenvalue weighted by molar-refractivity contribution is 0.408. The number of hydrogen-bond donors (Lipinski definition) is 0. The van der Waals surface area contributed by atoms with Crippen LogP contribution in [0.15, 0.2) is 21.3 Å². The lowest BCUT2D eigenvalue weighted by Crippen LogP contribution is -2.34. The second kappa shape index (κ2) is 5.24. The summed E-state index contributed by atoms with van der Waals surface area (Å²) < 4.78 is 6.42. The molecule has 1 aliphatic heterocycles. The number of hydrogen-bond acceptors (Lipinski definition) is 6. The van der Waals surface area contributed by atoms with E-state index in [1.165, 1.54) is 0 Å². The zero-order valence-electron chi connectivity index (χ0n) is 10.6. The van der Waals surface area contributed by atoms with Gasteiger partial charge in [0.1, 0.15) is 0 Å². The standard InChI is InChI=1S/C12H14BrN5O/c1-8-16-17-12(19-8)18-5-3-2-4-10(18)11-14-6-9(13)7-15-11/h6-7,10H,2-5H2,1H3. The second-order valence-corrected chi connectivity index (χ2v) is 5.48. The molecule has 0 radical (unpaired) electrons. The van der Waals surface area contributed by atoms with E-state index in [9.17, 15) is 0 Å². The molecule has 1 saturated heterocycles. The van der Waals surface area contributed by atoms with Crippen LogP contribution in [0.25, 0.3) is 0 Å². The highest BCUT2D eigenvalue weighted by molar-refractivity contribution is 9.10. The third kappa shape index (κ3) is 2.60. The molecule has 19 heavy (non-hydrogen) atoms. The Morgan fingerprint density at radius 1 is 1.26 bits per heavy atom. The average molecular weight is 324 g/mol.